The molecule has 0 aliphatic heterocycles. The number of hydrogen-bond acceptors (Lipinski definition) is 1. The predicted octanol–water partition coefficient (Wildman–Crippen LogP) is 7.65. The summed E-state index contributed by atoms with van der Waals surface area (Å²) in [5.41, 5.74) is 5.98. The van der Waals surface area contributed by atoms with Gasteiger partial charge in [-0.15, -0.1) is 0 Å². The molecule has 0 aliphatic rings. The molecule has 0 bridgehead atoms. The van der Waals surface area contributed by atoms with Gasteiger partial charge in [0.25, 0.3) is 0 Å². The van der Waals surface area contributed by atoms with Gasteiger partial charge in [0.2, 0.25) is 0 Å². The van der Waals surface area contributed by atoms with Crippen LogP contribution in [-0.2, 0) is 25.7 Å². The van der Waals surface area contributed by atoms with Crippen molar-refractivity contribution in [3.05, 3.63) is 58.7 Å². The molecular weight excluding hydrogens is 320 g/mol. The second-order valence-corrected chi connectivity index (χ2v) is 8.07. The number of rotatable bonds is 10. The molecule has 0 amide bonds. The zero-order valence-corrected chi connectivity index (χ0v) is 17.3. The van der Waals surface area contributed by atoms with Crippen LogP contribution >= 0.6 is 11.8 Å². The Bertz CT molecular complexity index is 600. The minimum atomic E-state index is 1.17. The number of aryl methyl sites for hydroxylation is 4. The van der Waals surface area contributed by atoms with Gasteiger partial charge in [-0.1, -0.05) is 89.4 Å². The SMILES string of the molecule is CCCc1ccc(CCC)c(Sc2cc(CCC)ccc2CCC)c1. The van der Waals surface area contributed by atoms with E-state index in [1.165, 1.54) is 83.4 Å². The van der Waals surface area contributed by atoms with E-state index in [0.29, 0.717) is 0 Å². The first-order chi connectivity index (χ1) is 12.2. The molecule has 0 saturated heterocycles. The van der Waals surface area contributed by atoms with E-state index in [9.17, 15) is 0 Å². The van der Waals surface area contributed by atoms with Crippen LogP contribution in [0.2, 0.25) is 0 Å². The average molecular weight is 355 g/mol. The second kappa shape index (κ2) is 10.7. The Labute approximate surface area is 159 Å². The third-order valence-electron chi connectivity index (χ3n) is 4.60. The van der Waals surface area contributed by atoms with Gasteiger partial charge >= 0.3 is 0 Å². The van der Waals surface area contributed by atoms with Gasteiger partial charge in [0, 0.05) is 9.79 Å². The standard InChI is InChI=1S/C24H34S/c1-5-9-19-13-15-21(11-7-3)23(17-19)25-24-18-20(10-6-2)14-16-22(24)12-8-4/h13-18H,5-12H2,1-4H3. The molecule has 25 heavy (non-hydrogen) atoms. The lowest BCUT2D eigenvalue weighted by molar-refractivity contribution is 0.876. The molecule has 0 atom stereocenters. The van der Waals surface area contributed by atoms with Gasteiger partial charge in [0.05, 0.1) is 0 Å². The van der Waals surface area contributed by atoms with Crippen LogP contribution in [-0.4, -0.2) is 0 Å². The van der Waals surface area contributed by atoms with Crippen molar-refractivity contribution < 1.29 is 0 Å². The Kier molecular flexibility index (Phi) is 8.61. The summed E-state index contributed by atoms with van der Waals surface area (Å²) < 4.78 is 0. The van der Waals surface area contributed by atoms with Crippen molar-refractivity contribution in [3.8, 4) is 0 Å². The third kappa shape index (κ3) is 5.92. The molecule has 2 rings (SSSR count). The van der Waals surface area contributed by atoms with Crippen LogP contribution < -0.4 is 0 Å². The van der Waals surface area contributed by atoms with Crippen molar-refractivity contribution in [2.75, 3.05) is 0 Å². The number of benzene rings is 2. The second-order valence-electron chi connectivity index (χ2n) is 6.99. The van der Waals surface area contributed by atoms with E-state index in [-0.39, 0.29) is 0 Å². The molecule has 0 spiro atoms. The first-order valence-electron chi connectivity index (χ1n) is 10.1. The zero-order valence-electron chi connectivity index (χ0n) is 16.5. The monoisotopic (exact) mass is 354 g/mol. The summed E-state index contributed by atoms with van der Waals surface area (Å²) in [5.74, 6) is 0. The summed E-state index contributed by atoms with van der Waals surface area (Å²) in [6.07, 6.45) is 9.54. The molecule has 136 valence electrons. The van der Waals surface area contributed by atoms with Crippen molar-refractivity contribution in [3.63, 3.8) is 0 Å². The minimum absolute atomic E-state index is 1.17. The first-order valence-corrected chi connectivity index (χ1v) is 10.9. The molecule has 1 heteroatoms. The lowest BCUT2D eigenvalue weighted by Crippen LogP contribution is -1.95. The van der Waals surface area contributed by atoms with E-state index in [1.54, 1.807) is 0 Å². The van der Waals surface area contributed by atoms with Crippen LogP contribution in [0.4, 0.5) is 0 Å². The van der Waals surface area contributed by atoms with Gasteiger partial charge in [0.15, 0.2) is 0 Å². The van der Waals surface area contributed by atoms with Crippen molar-refractivity contribution in [2.45, 2.75) is 88.9 Å². The fraction of sp³-hybridized carbons (Fsp3) is 0.500. The molecular formula is C24H34S. The van der Waals surface area contributed by atoms with Crippen LogP contribution in [0.15, 0.2) is 46.2 Å². The minimum Gasteiger partial charge on any atom is -0.0895 e. The van der Waals surface area contributed by atoms with Crippen molar-refractivity contribution >= 4 is 11.8 Å². The highest BCUT2D eigenvalue weighted by atomic mass is 32.2. The molecule has 0 saturated carbocycles. The molecule has 2 aromatic rings. The fourth-order valence-corrected chi connectivity index (χ4v) is 4.61. The van der Waals surface area contributed by atoms with Gasteiger partial charge in [0.1, 0.15) is 0 Å². The summed E-state index contributed by atoms with van der Waals surface area (Å²) in [6.45, 7) is 9.08. The third-order valence-corrected chi connectivity index (χ3v) is 5.80. The highest BCUT2D eigenvalue weighted by molar-refractivity contribution is 7.99. The van der Waals surface area contributed by atoms with E-state index in [0.717, 1.165) is 0 Å². The maximum Gasteiger partial charge on any atom is 0.0157 e. The summed E-state index contributed by atoms with van der Waals surface area (Å²) in [6, 6.07) is 14.3. The molecule has 0 fully saturated rings. The van der Waals surface area contributed by atoms with E-state index in [4.69, 9.17) is 0 Å². The molecule has 0 aromatic heterocycles. The predicted molar refractivity (Wildman–Crippen MR) is 113 cm³/mol. The van der Waals surface area contributed by atoms with E-state index >= 15 is 0 Å². The van der Waals surface area contributed by atoms with Gasteiger partial charge in [-0.25, -0.2) is 0 Å². The van der Waals surface area contributed by atoms with Crippen LogP contribution in [0.3, 0.4) is 0 Å². The molecule has 0 nitrogen and oxygen atoms in total. The normalized spacial score (nSPS) is 11.0. The van der Waals surface area contributed by atoms with E-state index in [2.05, 4.69) is 64.1 Å². The molecule has 0 radical (unpaired) electrons. The smallest absolute Gasteiger partial charge is 0.0157 e. The first kappa shape index (κ1) is 20.1. The van der Waals surface area contributed by atoms with Crippen molar-refractivity contribution in [2.24, 2.45) is 0 Å². The molecule has 2 aromatic carbocycles. The van der Waals surface area contributed by atoms with Crippen LogP contribution in [0.5, 0.6) is 0 Å². The Balaban J connectivity index is 2.38. The molecule has 0 N–H and O–H groups in total. The Hall–Kier alpha value is -1.21. The van der Waals surface area contributed by atoms with Gasteiger partial charge in [-0.05, 0) is 60.1 Å². The van der Waals surface area contributed by atoms with E-state index in [1.807, 2.05) is 11.8 Å². The quantitative estimate of drug-likeness (QED) is 0.422. The van der Waals surface area contributed by atoms with Crippen molar-refractivity contribution in [1.29, 1.82) is 0 Å². The maximum absolute atomic E-state index is 2.45. The van der Waals surface area contributed by atoms with Gasteiger partial charge in [-0.2, -0.15) is 0 Å². The number of hydrogen-bond donors (Lipinski definition) is 0. The highest BCUT2D eigenvalue weighted by Gasteiger charge is 2.10. The molecule has 0 aliphatic carbocycles. The Morgan fingerprint density at radius 2 is 0.960 bits per heavy atom. The Morgan fingerprint density at radius 3 is 1.32 bits per heavy atom. The summed E-state index contributed by atoms with van der Waals surface area (Å²) >= 11 is 2.00. The highest BCUT2D eigenvalue weighted by Crippen LogP contribution is 2.35. The summed E-state index contributed by atoms with van der Waals surface area (Å²) in [7, 11) is 0. The lowest BCUT2D eigenvalue weighted by atomic mass is 10.0. The Morgan fingerprint density at radius 1 is 0.560 bits per heavy atom. The maximum atomic E-state index is 2.45. The van der Waals surface area contributed by atoms with Crippen molar-refractivity contribution in [1.82, 2.24) is 0 Å². The van der Waals surface area contributed by atoms with Crippen LogP contribution in [0.25, 0.3) is 0 Å². The van der Waals surface area contributed by atoms with Gasteiger partial charge in [-0.3, -0.25) is 0 Å². The van der Waals surface area contributed by atoms with Crippen LogP contribution in [0, 0.1) is 0 Å². The summed E-state index contributed by atoms with van der Waals surface area (Å²) in [5, 5.41) is 0. The zero-order chi connectivity index (χ0) is 18.1. The average Bonchev–Trinajstić information content (AvgIpc) is 2.60. The topological polar surface area (TPSA) is 0 Å². The largest absolute Gasteiger partial charge is 0.0895 e. The van der Waals surface area contributed by atoms with Gasteiger partial charge < -0.3 is 0 Å². The van der Waals surface area contributed by atoms with Crippen LogP contribution in [0.1, 0.15) is 75.6 Å². The fourth-order valence-electron chi connectivity index (χ4n) is 3.35. The lowest BCUT2D eigenvalue weighted by Gasteiger charge is -2.15. The summed E-state index contributed by atoms with van der Waals surface area (Å²) in [4.78, 5) is 2.94. The van der Waals surface area contributed by atoms with E-state index < -0.39 is 0 Å². The molecule has 0 unspecified atom stereocenters. The molecule has 0 heterocycles.